The molecule has 1 atom stereocenters. The average molecular weight is 447 g/mol. The Kier molecular flexibility index (Phi) is 7.11. The summed E-state index contributed by atoms with van der Waals surface area (Å²) in [4.78, 5) is 37.4. The second kappa shape index (κ2) is 9.81. The van der Waals surface area contributed by atoms with Gasteiger partial charge >= 0.3 is 0 Å². The fourth-order valence-corrected chi connectivity index (χ4v) is 3.73. The van der Waals surface area contributed by atoms with Gasteiger partial charge in [-0.15, -0.1) is 0 Å². The van der Waals surface area contributed by atoms with Gasteiger partial charge in [0.2, 0.25) is 11.8 Å². The maximum atomic E-state index is 13.0. The van der Waals surface area contributed by atoms with Crippen LogP contribution in [0.1, 0.15) is 48.6 Å². The Balaban J connectivity index is 1.92. The number of nitrogens with one attached hydrogen (secondary N) is 2. The molecule has 1 heterocycles. The van der Waals surface area contributed by atoms with Crippen LogP contribution in [0.4, 0.5) is 11.4 Å². The van der Waals surface area contributed by atoms with Crippen LogP contribution < -0.4 is 16.2 Å². The molecule has 0 aliphatic rings. The minimum absolute atomic E-state index is 0.0832. The molecule has 3 rings (SSSR count). The molecular formula is C26H30N4O3. The van der Waals surface area contributed by atoms with Crippen molar-refractivity contribution in [3.05, 3.63) is 75.1 Å². The molecule has 1 aromatic heterocycles. The zero-order valence-corrected chi connectivity index (χ0v) is 19.9. The number of carbonyl (C=O) groups is 2. The molecule has 0 bridgehead atoms. The number of hydrogen-bond acceptors (Lipinski definition) is 4. The summed E-state index contributed by atoms with van der Waals surface area (Å²) < 4.78 is 1.19. The van der Waals surface area contributed by atoms with E-state index in [1.165, 1.54) is 10.7 Å². The van der Waals surface area contributed by atoms with Crippen LogP contribution in [0.2, 0.25) is 0 Å². The van der Waals surface area contributed by atoms with E-state index in [0.29, 0.717) is 17.8 Å². The maximum Gasteiger partial charge on any atom is 0.267 e. The van der Waals surface area contributed by atoms with E-state index in [4.69, 9.17) is 0 Å². The number of benzene rings is 2. The third-order valence-corrected chi connectivity index (χ3v) is 5.63. The van der Waals surface area contributed by atoms with Crippen molar-refractivity contribution < 1.29 is 9.59 Å². The Hall–Kier alpha value is -3.74. The van der Waals surface area contributed by atoms with Gasteiger partial charge in [-0.25, -0.2) is 4.68 Å². The summed E-state index contributed by atoms with van der Waals surface area (Å²) >= 11 is 0. The van der Waals surface area contributed by atoms with E-state index in [1.54, 1.807) is 19.9 Å². The van der Waals surface area contributed by atoms with Crippen molar-refractivity contribution in [3.8, 4) is 11.3 Å². The number of aryl methyl sites for hydroxylation is 4. The normalized spacial score (nSPS) is 11.7. The number of aromatic nitrogens is 2. The number of anilines is 2. The van der Waals surface area contributed by atoms with Gasteiger partial charge in [0.05, 0.1) is 5.69 Å². The molecule has 2 amide bonds. The summed E-state index contributed by atoms with van der Waals surface area (Å²) in [6, 6.07) is 11.8. The first kappa shape index (κ1) is 23.9. The monoisotopic (exact) mass is 446 g/mol. The van der Waals surface area contributed by atoms with Gasteiger partial charge in [0.15, 0.2) is 0 Å². The molecule has 0 radical (unpaired) electrons. The lowest BCUT2D eigenvalue weighted by Crippen LogP contribution is -2.33. The first-order valence-corrected chi connectivity index (χ1v) is 11.0. The summed E-state index contributed by atoms with van der Waals surface area (Å²) in [6.07, 6.45) is 0.374. The van der Waals surface area contributed by atoms with Crippen LogP contribution in [0.3, 0.4) is 0 Å². The summed E-state index contributed by atoms with van der Waals surface area (Å²) in [7, 11) is 0. The van der Waals surface area contributed by atoms with Crippen molar-refractivity contribution in [2.75, 3.05) is 10.6 Å². The van der Waals surface area contributed by atoms with Gasteiger partial charge in [0.25, 0.3) is 5.56 Å². The molecule has 0 fully saturated rings. The number of rotatable bonds is 6. The predicted octanol–water partition coefficient (Wildman–Crippen LogP) is 4.69. The minimum Gasteiger partial charge on any atom is -0.326 e. The second-order valence-electron chi connectivity index (χ2n) is 8.37. The molecule has 1 unspecified atom stereocenters. The van der Waals surface area contributed by atoms with E-state index in [-0.39, 0.29) is 17.4 Å². The van der Waals surface area contributed by atoms with E-state index in [9.17, 15) is 14.4 Å². The smallest absolute Gasteiger partial charge is 0.267 e. The highest BCUT2D eigenvalue weighted by atomic mass is 16.2. The lowest BCUT2D eigenvalue weighted by atomic mass is 10.0. The highest BCUT2D eigenvalue weighted by Gasteiger charge is 2.20. The van der Waals surface area contributed by atoms with Crippen LogP contribution in [0.25, 0.3) is 11.3 Å². The van der Waals surface area contributed by atoms with Crippen molar-refractivity contribution >= 4 is 23.2 Å². The van der Waals surface area contributed by atoms with E-state index < -0.39 is 6.04 Å². The summed E-state index contributed by atoms with van der Waals surface area (Å²) in [6.45, 7) is 11.2. The second-order valence-corrected chi connectivity index (χ2v) is 8.37. The topological polar surface area (TPSA) is 93.1 Å². The Labute approximate surface area is 193 Å². The van der Waals surface area contributed by atoms with Gasteiger partial charge in [-0.2, -0.15) is 5.10 Å². The van der Waals surface area contributed by atoms with Crippen LogP contribution in [-0.2, 0) is 9.59 Å². The van der Waals surface area contributed by atoms with E-state index >= 15 is 0 Å². The van der Waals surface area contributed by atoms with E-state index in [1.807, 2.05) is 58.0 Å². The Morgan fingerprint density at radius 3 is 2.24 bits per heavy atom. The SMILES string of the molecule is CCC(=O)Nc1cc(-c2ccc(=O)n(C(C)C(=O)Nc3c(C)cc(C)cc3C)n2)ccc1C. The van der Waals surface area contributed by atoms with Crippen molar-refractivity contribution in [2.45, 2.75) is 54.0 Å². The molecule has 0 aliphatic carbocycles. The number of nitrogens with zero attached hydrogens (tertiary/aromatic N) is 2. The molecule has 7 heteroatoms. The molecule has 33 heavy (non-hydrogen) atoms. The van der Waals surface area contributed by atoms with Gasteiger partial charge in [-0.3, -0.25) is 14.4 Å². The zero-order valence-electron chi connectivity index (χ0n) is 19.9. The Morgan fingerprint density at radius 1 is 0.939 bits per heavy atom. The first-order valence-electron chi connectivity index (χ1n) is 11.0. The lowest BCUT2D eigenvalue weighted by molar-refractivity contribution is -0.119. The number of amides is 2. The molecule has 0 spiro atoms. The Morgan fingerprint density at radius 2 is 1.61 bits per heavy atom. The molecule has 2 aromatic carbocycles. The molecule has 172 valence electrons. The van der Waals surface area contributed by atoms with Crippen LogP contribution in [0.5, 0.6) is 0 Å². The molecule has 7 nitrogen and oxygen atoms in total. The van der Waals surface area contributed by atoms with Gasteiger partial charge < -0.3 is 10.6 Å². The van der Waals surface area contributed by atoms with Crippen LogP contribution in [0, 0.1) is 27.7 Å². The van der Waals surface area contributed by atoms with Crippen molar-refractivity contribution in [3.63, 3.8) is 0 Å². The third kappa shape index (κ3) is 5.37. The zero-order chi connectivity index (χ0) is 24.3. The highest BCUT2D eigenvalue weighted by Crippen LogP contribution is 2.25. The highest BCUT2D eigenvalue weighted by molar-refractivity contribution is 5.95. The molecular weight excluding hydrogens is 416 g/mol. The van der Waals surface area contributed by atoms with Crippen LogP contribution in [-0.4, -0.2) is 21.6 Å². The molecule has 3 aromatic rings. The standard InChI is InChI=1S/C26H30N4O3/c1-7-23(31)27-22-14-20(9-8-16(22)3)21-10-11-24(32)30(29-21)19(6)26(33)28-25-17(4)12-15(2)13-18(25)5/h8-14,19H,7H2,1-6H3,(H,27,31)(H,28,33). The van der Waals surface area contributed by atoms with Gasteiger partial charge in [0, 0.05) is 29.4 Å². The first-order chi connectivity index (χ1) is 15.6. The van der Waals surface area contributed by atoms with Crippen molar-refractivity contribution in [2.24, 2.45) is 0 Å². The summed E-state index contributed by atoms with van der Waals surface area (Å²) in [5.74, 6) is -0.406. The fraction of sp³-hybridized carbons (Fsp3) is 0.308. The maximum absolute atomic E-state index is 13.0. The average Bonchev–Trinajstić information content (AvgIpc) is 2.77. The number of carbonyl (C=O) groups excluding carboxylic acids is 2. The lowest BCUT2D eigenvalue weighted by Gasteiger charge is -2.18. The Bertz CT molecular complexity index is 1250. The molecule has 2 N–H and O–H groups in total. The van der Waals surface area contributed by atoms with Crippen molar-refractivity contribution in [1.29, 1.82) is 0 Å². The summed E-state index contributed by atoms with van der Waals surface area (Å²) in [5, 5.41) is 10.3. The van der Waals surface area contributed by atoms with Gasteiger partial charge in [-0.05, 0) is 63.4 Å². The number of hydrogen-bond donors (Lipinski definition) is 2. The summed E-state index contributed by atoms with van der Waals surface area (Å²) in [5.41, 5.74) is 6.30. The molecule has 0 saturated heterocycles. The minimum atomic E-state index is -0.817. The van der Waals surface area contributed by atoms with Gasteiger partial charge in [-0.1, -0.05) is 36.8 Å². The third-order valence-electron chi connectivity index (χ3n) is 5.63. The van der Waals surface area contributed by atoms with Crippen LogP contribution >= 0.6 is 0 Å². The fourth-order valence-electron chi connectivity index (χ4n) is 3.73. The molecule has 0 aliphatic heterocycles. The largest absolute Gasteiger partial charge is 0.326 e. The quantitative estimate of drug-likeness (QED) is 0.574. The van der Waals surface area contributed by atoms with E-state index in [2.05, 4.69) is 15.7 Å². The van der Waals surface area contributed by atoms with Crippen molar-refractivity contribution in [1.82, 2.24) is 9.78 Å². The predicted molar refractivity (Wildman–Crippen MR) is 132 cm³/mol. The van der Waals surface area contributed by atoms with E-state index in [0.717, 1.165) is 33.5 Å². The van der Waals surface area contributed by atoms with Gasteiger partial charge in [0.1, 0.15) is 6.04 Å². The van der Waals surface area contributed by atoms with Crippen LogP contribution in [0.15, 0.2) is 47.3 Å². The molecule has 0 saturated carbocycles.